The highest BCUT2D eigenvalue weighted by molar-refractivity contribution is 7.47. The van der Waals surface area contributed by atoms with Gasteiger partial charge in [-0.3, -0.25) is 23.4 Å². The Hall–Kier alpha value is -2.08. The van der Waals surface area contributed by atoms with Crippen LogP contribution in [0.1, 0.15) is 162 Å². The highest BCUT2D eigenvalue weighted by atomic mass is 31.2. The van der Waals surface area contributed by atoms with Gasteiger partial charge in [0.05, 0.1) is 31.0 Å². The number of phosphoric acid groups is 1. The molecule has 1 aliphatic carbocycles. The van der Waals surface area contributed by atoms with Crippen LogP contribution in [-0.2, 0) is 37.5 Å². The van der Waals surface area contributed by atoms with E-state index in [2.05, 4.69) is 19.1 Å². The van der Waals surface area contributed by atoms with Gasteiger partial charge in [0.1, 0.15) is 36.8 Å². The molecule has 2 aliphatic rings. The van der Waals surface area contributed by atoms with Crippen molar-refractivity contribution >= 4 is 25.5 Å². The molecule has 8 N–H and O–H groups in total. The van der Waals surface area contributed by atoms with E-state index < -0.39 is 112 Å². The van der Waals surface area contributed by atoms with Gasteiger partial charge in [-0.25, -0.2) is 4.57 Å². The highest BCUT2D eigenvalue weighted by Crippen LogP contribution is 2.47. The summed E-state index contributed by atoms with van der Waals surface area (Å²) in [5.41, 5.74) is 0. The molecule has 17 heteroatoms. The summed E-state index contributed by atoms with van der Waals surface area (Å²) in [6.07, 6.45) is 4.27. The maximum Gasteiger partial charge on any atom is 0.472 e. The molecule has 2 rings (SSSR count). The van der Waals surface area contributed by atoms with Crippen molar-refractivity contribution in [1.82, 2.24) is 0 Å². The first-order valence-electron chi connectivity index (χ1n) is 23.2. The first kappa shape index (κ1) is 56.1. The number of allylic oxidation sites excluding steroid dienone is 2. The summed E-state index contributed by atoms with van der Waals surface area (Å²) < 4.78 is 34.7. The lowest BCUT2D eigenvalue weighted by Crippen LogP contribution is -2.55. The zero-order valence-electron chi connectivity index (χ0n) is 37.1. The van der Waals surface area contributed by atoms with Crippen LogP contribution in [-0.4, -0.2) is 127 Å². The lowest BCUT2D eigenvalue weighted by Gasteiger charge is -2.36. The fraction of sp³-hybridized carbons (Fsp3) is 0.844. The summed E-state index contributed by atoms with van der Waals surface area (Å²) in [4.78, 5) is 50.0. The van der Waals surface area contributed by atoms with Crippen LogP contribution in [0.3, 0.4) is 0 Å². The van der Waals surface area contributed by atoms with E-state index in [1.165, 1.54) is 37.8 Å². The number of ether oxygens (including phenoxy) is 2. The molecule has 360 valence electrons. The zero-order chi connectivity index (χ0) is 45.9. The number of esters is 2. The number of carbonyl (C=O) groups is 3. The second kappa shape index (κ2) is 31.7. The molecule has 0 aromatic rings. The number of hydrogen-bond acceptors (Lipinski definition) is 15. The molecule has 1 saturated heterocycles. The molecule has 62 heavy (non-hydrogen) atoms. The number of hydrogen-bond donors (Lipinski definition) is 8. The predicted molar refractivity (Wildman–Crippen MR) is 231 cm³/mol. The van der Waals surface area contributed by atoms with Crippen LogP contribution in [0, 0.1) is 11.8 Å². The number of cyclic esters (lactones) is 1. The molecule has 1 saturated carbocycles. The van der Waals surface area contributed by atoms with Crippen molar-refractivity contribution in [2.75, 3.05) is 13.2 Å². The Morgan fingerprint density at radius 1 is 0.774 bits per heavy atom. The van der Waals surface area contributed by atoms with E-state index >= 15 is 0 Å². The summed E-state index contributed by atoms with van der Waals surface area (Å²) in [5, 5.41) is 78.6. The highest BCUT2D eigenvalue weighted by Gasteiger charge is 2.49. The van der Waals surface area contributed by atoms with Gasteiger partial charge in [-0.2, -0.15) is 0 Å². The minimum absolute atomic E-state index is 0.00986. The third-order valence-electron chi connectivity index (χ3n) is 11.7. The maximum atomic E-state index is 13.6. The van der Waals surface area contributed by atoms with E-state index in [4.69, 9.17) is 18.5 Å². The number of ketones is 1. The number of unbranched alkanes of at least 4 members (excludes halogenated alkanes) is 11. The zero-order valence-corrected chi connectivity index (χ0v) is 38.0. The molecule has 0 spiro atoms. The van der Waals surface area contributed by atoms with Crippen molar-refractivity contribution in [3.05, 3.63) is 24.3 Å². The summed E-state index contributed by atoms with van der Waals surface area (Å²) in [6.45, 7) is 2.79. The minimum atomic E-state index is -5.45. The SMILES string of the molecule is CCCCCC/C=C\CCCCCCCC(=O)O[C@@H]1COC(=O)CCCCCC[C@H]2C(=O)C[C@@H](O)[C@H](C=C[C@@H](O)CCCCC)[C@@H](O)[C@@H](O)[C@@H](OP(=O)(O)OC1)[C@H](O)[C@@H](O)[C@@H]2O. The third kappa shape index (κ3) is 22.2. The Morgan fingerprint density at radius 3 is 2.08 bits per heavy atom. The van der Waals surface area contributed by atoms with Gasteiger partial charge in [-0.05, 0) is 51.4 Å². The Kier molecular flexibility index (Phi) is 28.7. The summed E-state index contributed by atoms with van der Waals surface area (Å²) >= 11 is 0. The largest absolute Gasteiger partial charge is 0.472 e. The van der Waals surface area contributed by atoms with E-state index in [1.807, 2.05) is 6.92 Å². The Morgan fingerprint density at radius 2 is 1.39 bits per heavy atom. The normalized spacial score (nSPS) is 32.2. The molecule has 1 unspecified atom stereocenters. The van der Waals surface area contributed by atoms with E-state index in [0.29, 0.717) is 44.9 Å². The molecule has 1 heterocycles. The summed E-state index contributed by atoms with van der Waals surface area (Å²) in [7, 11) is -5.45. The van der Waals surface area contributed by atoms with Crippen LogP contribution >= 0.6 is 7.82 Å². The molecular weight excluding hydrogens is 827 g/mol. The summed E-state index contributed by atoms with van der Waals surface area (Å²) in [5.74, 6) is -4.90. The van der Waals surface area contributed by atoms with Crippen molar-refractivity contribution in [3.8, 4) is 0 Å². The van der Waals surface area contributed by atoms with E-state index in [-0.39, 0.29) is 19.3 Å². The average molecular weight is 907 g/mol. The lowest BCUT2D eigenvalue weighted by molar-refractivity contribution is -0.166. The number of fused-ring (bicyclic) bond motifs is 4. The van der Waals surface area contributed by atoms with Gasteiger partial charge in [0, 0.05) is 31.1 Å². The van der Waals surface area contributed by atoms with Crippen LogP contribution in [0.5, 0.6) is 0 Å². The van der Waals surface area contributed by atoms with Gasteiger partial charge in [0.15, 0.2) is 6.10 Å². The molecule has 12 atom stereocenters. The Labute approximate surface area is 368 Å². The quantitative estimate of drug-likeness (QED) is 0.0328. The minimum Gasteiger partial charge on any atom is -0.462 e. The van der Waals surface area contributed by atoms with Gasteiger partial charge in [0.2, 0.25) is 0 Å². The van der Waals surface area contributed by atoms with Crippen molar-refractivity contribution in [2.45, 2.75) is 216 Å². The second-order valence-electron chi connectivity index (χ2n) is 17.0. The number of carbonyl (C=O) groups excluding carboxylic acids is 3. The fourth-order valence-corrected chi connectivity index (χ4v) is 8.75. The van der Waals surface area contributed by atoms with Gasteiger partial charge in [-0.1, -0.05) is 115 Å². The molecular formula is C45H79O16P. The Balaban J connectivity index is 2.25. The summed E-state index contributed by atoms with van der Waals surface area (Å²) in [6, 6.07) is 0. The van der Waals surface area contributed by atoms with E-state index in [1.54, 1.807) is 0 Å². The number of Topliss-reactive ketones (excluding diaryl/α,β-unsaturated/α-hetero) is 1. The standard InChI is InChI=1S/C45H79O16P/c1-3-5-7-8-9-10-11-12-13-14-15-16-22-26-39(50)60-33-30-58-38(49)25-21-18-17-20-24-34-36(47)29-37(48)35(28-27-32(46)23-19-6-4-2)41(52)43(54)45(44(55)42(53)40(34)51)61-62(56,57)59-31-33/h10-11,27-28,32-35,37,40-46,48,51-55H,3-9,12-26,29-31H2,1-2H3,(H,56,57)/b11-10-,28-27?/t32-,33+,34-,35-,37+,40+,41+,42-,43+,44+,45+/m0/s1. The smallest absolute Gasteiger partial charge is 0.462 e. The average Bonchev–Trinajstić information content (AvgIpc) is 3.23. The molecule has 0 aromatic heterocycles. The number of aliphatic hydroxyl groups excluding tert-OH is 7. The molecule has 0 aromatic carbocycles. The molecule has 0 radical (unpaired) electrons. The van der Waals surface area contributed by atoms with E-state index in [0.717, 1.165) is 51.4 Å². The van der Waals surface area contributed by atoms with Crippen LogP contribution in [0.15, 0.2) is 24.3 Å². The molecule has 1 aliphatic heterocycles. The monoisotopic (exact) mass is 907 g/mol. The van der Waals surface area contributed by atoms with Crippen molar-refractivity contribution in [2.24, 2.45) is 11.8 Å². The third-order valence-corrected chi connectivity index (χ3v) is 12.6. The number of phosphoric ester groups is 1. The number of rotatable bonds is 20. The lowest BCUT2D eigenvalue weighted by atomic mass is 9.83. The molecule has 2 bridgehead atoms. The second-order valence-corrected chi connectivity index (χ2v) is 18.4. The van der Waals surface area contributed by atoms with Gasteiger partial charge in [-0.15, -0.1) is 0 Å². The van der Waals surface area contributed by atoms with Gasteiger partial charge < -0.3 is 50.1 Å². The maximum absolute atomic E-state index is 13.6. The van der Waals surface area contributed by atoms with Crippen LogP contribution in [0.4, 0.5) is 0 Å². The van der Waals surface area contributed by atoms with Gasteiger partial charge >= 0.3 is 19.8 Å². The van der Waals surface area contributed by atoms with Crippen molar-refractivity contribution in [3.63, 3.8) is 0 Å². The Bertz CT molecular complexity index is 1360. The molecule has 2 fully saturated rings. The number of aliphatic hydroxyl groups is 7. The van der Waals surface area contributed by atoms with Crippen molar-refractivity contribution in [1.29, 1.82) is 0 Å². The van der Waals surface area contributed by atoms with Crippen LogP contribution < -0.4 is 0 Å². The van der Waals surface area contributed by atoms with Crippen molar-refractivity contribution < 1.29 is 78.1 Å². The first-order valence-corrected chi connectivity index (χ1v) is 24.7. The van der Waals surface area contributed by atoms with E-state index in [9.17, 15) is 59.6 Å². The van der Waals surface area contributed by atoms with Gasteiger partial charge in [0.25, 0.3) is 0 Å². The molecule has 16 nitrogen and oxygen atoms in total. The van der Waals surface area contributed by atoms with Crippen LogP contribution in [0.25, 0.3) is 0 Å². The predicted octanol–water partition coefficient (Wildman–Crippen LogP) is 5.42. The fourth-order valence-electron chi connectivity index (χ4n) is 7.78. The molecule has 0 amide bonds. The van der Waals surface area contributed by atoms with Crippen LogP contribution in [0.2, 0.25) is 0 Å². The topological polar surface area (TPSA) is 267 Å². The first-order chi connectivity index (χ1) is 29.6.